The van der Waals surface area contributed by atoms with Crippen molar-refractivity contribution in [2.45, 2.75) is 11.8 Å². The first kappa shape index (κ1) is 10.6. The monoisotopic (exact) mass is 200 g/mol. The third-order valence-corrected chi connectivity index (χ3v) is 2.36. The summed E-state index contributed by atoms with van der Waals surface area (Å²) in [5.41, 5.74) is 0.191. The lowest BCUT2D eigenvalue weighted by atomic mass is 9.80. The van der Waals surface area contributed by atoms with E-state index in [0.717, 1.165) is 11.8 Å². The van der Waals surface area contributed by atoms with Crippen molar-refractivity contribution in [1.82, 2.24) is 0 Å². The van der Waals surface area contributed by atoms with Crippen molar-refractivity contribution in [2.75, 3.05) is 5.75 Å². The highest BCUT2D eigenvalue weighted by molar-refractivity contribution is 7.99. The van der Waals surface area contributed by atoms with Crippen molar-refractivity contribution in [2.24, 2.45) is 0 Å². The minimum Gasteiger partial charge on any atom is -0.423 e. The van der Waals surface area contributed by atoms with Crippen molar-refractivity contribution in [1.29, 1.82) is 0 Å². The Labute approximate surface area is 80.9 Å². The quantitative estimate of drug-likeness (QED) is 0.555. The Morgan fingerprint density at radius 3 is 2.62 bits per heavy atom. The second-order valence-electron chi connectivity index (χ2n) is 2.53. The van der Waals surface area contributed by atoms with Gasteiger partial charge in [-0.05, 0) is 29.4 Å². The predicted octanol–water partition coefficient (Wildman–Crippen LogP) is 0.617. The maximum absolute atomic E-state index is 12.9. The Balaban J connectivity index is 2.96. The van der Waals surface area contributed by atoms with Crippen molar-refractivity contribution < 1.29 is 14.4 Å². The summed E-state index contributed by atoms with van der Waals surface area (Å²) in [7, 11) is -1.60. The predicted molar refractivity (Wildman–Crippen MR) is 52.6 cm³/mol. The van der Waals surface area contributed by atoms with Crippen molar-refractivity contribution in [3.05, 3.63) is 24.0 Å². The second-order valence-corrected chi connectivity index (χ2v) is 3.86. The van der Waals surface area contributed by atoms with E-state index in [1.165, 1.54) is 17.8 Å². The van der Waals surface area contributed by atoms with Crippen LogP contribution < -0.4 is 5.46 Å². The number of thioether (sulfide) groups is 1. The molecule has 0 fully saturated rings. The number of hydrogen-bond acceptors (Lipinski definition) is 3. The number of benzene rings is 1. The summed E-state index contributed by atoms with van der Waals surface area (Å²) in [4.78, 5) is 0.714. The van der Waals surface area contributed by atoms with Crippen LogP contribution in [0.3, 0.4) is 0 Å². The fraction of sp³-hybridized carbons (Fsp3) is 0.250. The van der Waals surface area contributed by atoms with Gasteiger partial charge in [-0.1, -0.05) is 6.92 Å². The molecule has 0 aliphatic rings. The molecule has 1 aromatic carbocycles. The molecule has 1 rings (SSSR count). The lowest BCUT2D eigenvalue weighted by molar-refractivity contribution is 0.425. The Kier molecular flexibility index (Phi) is 3.78. The van der Waals surface area contributed by atoms with E-state index < -0.39 is 12.9 Å². The Morgan fingerprint density at radius 2 is 2.08 bits per heavy atom. The van der Waals surface area contributed by atoms with Crippen molar-refractivity contribution >= 4 is 24.3 Å². The lowest BCUT2D eigenvalue weighted by Gasteiger charge is -2.03. The van der Waals surface area contributed by atoms with Gasteiger partial charge in [0.05, 0.1) is 0 Å². The van der Waals surface area contributed by atoms with E-state index in [2.05, 4.69) is 0 Å². The van der Waals surface area contributed by atoms with Gasteiger partial charge in [0.25, 0.3) is 0 Å². The zero-order chi connectivity index (χ0) is 9.84. The topological polar surface area (TPSA) is 40.5 Å². The Bertz CT molecular complexity index is 293. The molecule has 1 aromatic rings. The summed E-state index contributed by atoms with van der Waals surface area (Å²) in [5, 5.41) is 17.6. The van der Waals surface area contributed by atoms with E-state index in [9.17, 15) is 4.39 Å². The first-order chi connectivity index (χ1) is 6.13. The van der Waals surface area contributed by atoms with Crippen molar-refractivity contribution in [3.63, 3.8) is 0 Å². The molecule has 0 aliphatic heterocycles. The van der Waals surface area contributed by atoms with Gasteiger partial charge < -0.3 is 10.0 Å². The van der Waals surface area contributed by atoms with Crippen LogP contribution in [0.4, 0.5) is 4.39 Å². The van der Waals surface area contributed by atoms with Crippen LogP contribution in [-0.4, -0.2) is 22.9 Å². The molecule has 0 heterocycles. The van der Waals surface area contributed by atoms with E-state index >= 15 is 0 Å². The van der Waals surface area contributed by atoms with Gasteiger partial charge in [-0.3, -0.25) is 0 Å². The molecule has 0 aromatic heterocycles. The summed E-state index contributed by atoms with van der Waals surface area (Å²) in [6.45, 7) is 1.95. The average molecular weight is 200 g/mol. The first-order valence-corrected chi connectivity index (χ1v) is 4.91. The Morgan fingerprint density at radius 1 is 1.38 bits per heavy atom. The van der Waals surface area contributed by atoms with Crippen LogP contribution in [0, 0.1) is 5.82 Å². The third-order valence-electron chi connectivity index (χ3n) is 1.50. The van der Waals surface area contributed by atoms with Crippen LogP contribution in [0.5, 0.6) is 0 Å². The van der Waals surface area contributed by atoms with Gasteiger partial charge in [-0.2, -0.15) is 0 Å². The summed E-state index contributed by atoms with van der Waals surface area (Å²) < 4.78 is 12.9. The second kappa shape index (κ2) is 4.65. The maximum atomic E-state index is 12.9. The molecule has 0 aliphatic carbocycles. The summed E-state index contributed by atoms with van der Waals surface area (Å²) in [5.74, 6) is 0.381. The molecule has 0 saturated carbocycles. The van der Waals surface area contributed by atoms with E-state index in [-0.39, 0.29) is 5.46 Å². The molecule has 2 N–H and O–H groups in total. The van der Waals surface area contributed by atoms with Crippen molar-refractivity contribution in [3.8, 4) is 0 Å². The van der Waals surface area contributed by atoms with Crippen LogP contribution in [0.1, 0.15) is 6.92 Å². The third kappa shape index (κ3) is 3.02. The van der Waals surface area contributed by atoms with E-state index in [1.807, 2.05) is 6.92 Å². The lowest BCUT2D eigenvalue weighted by Crippen LogP contribution is -2.30. The SMILES string of the molecule is CCSc1cc(F)cc(B(O)O)c1. The van der Waals surface area contributed by atoms with E-state index in [0.29, 0.717) is 4.90 Å². The minimum absolute atomic E-state index is 0.191. The first-order valence-electron chi connectivity index (χ1n) is 3.93. The fourth-order valence-corrected chi connectivity index (χ4v) is 1.73. The van der Waals surface area contributed by atoms with Crippen LogP contribution in [0.15, 0.2) is 23.1 Å². The molecule has 0 atom stereocenters. The van der Waals surface area contributed by atoms with Gasteiger partial charge in [0, 0.05) is 4.90 Å². The van der Waals surface area contributed by atoms with E-state index in [1.54, 1.807) is 6.07 Å². The van der Waals surface area contributed by atoms with Crippen LogP contribution >= 0.6 is 11.8 Å². The number of hydrogen-bond donors (Lipinski definition) is 2. The molecular formula is C8H10BFO2S. The van der Waals surface area contributed by atoms with Crippen LogP contribution in [-0.2, 0) is 0 Å². The highest BCUT2D eigenvalue weighted by Crippen LogP contribution is 2.16. The van der Waals surface area contributed by atoms with Gasteiger partial charge >= 0.3 is 7.12 Å². The summed E-state index contributed by atoms with van der Waals surface area (Å²) in [6.07, 6.45) is 0. The highest BCUT2D eigenvalue weighted by Gasteiger charge is 2.12. The average Bonchev–Trinajstić information content (AvgIpc) is 2.03. The van der Waals surface area contributed by atoms with Gasteiger partial charge in [-0.25, -0.2) is 4.39 Å². The zero-order valence-corrected chi connectivity index (χ0v) is 8.01. The number of halogens is 1. The summed E-state index contributed by atoms with van der Waals surface area (Å²) >= 11 is 1.46. The zero-order valence-electron chi connectivity index (χ0n) is 7.20. The molecule has 5 heteroatoms. The van der Waals surface area contributed by atoms with Gasteiger partial charge in [-0.15, -0.1) is 11.8 Å². The van der Waals surface area contributed by atoms with Gasteiger partial charge in [0.15, 0.2) is 0 Å². The molecular weight excluding hydrogens is 190 g/mol. The molecule has 0 bridgehead atoms. The molecule has 2 nitrogen and oxygen atoms in total. The molecule has 0 amide bonds. The normalized spacial score (nSPS) is 10.2. The molecule has 13 heavy (non-hydrogen) atoms. The summed E-state index contributed by atoms with van der Waals surface area (Å²) in [6, 6.07) is 4.06. The molecule has 0 unspecified atom stereocenters. The van der Waals surface area contributed by atoms with Crippen LogP contribution in [0.25, 0.3) is 0 Å². The molecule has 0 spiro atoms. The fourth-order valence-electron chi connectivity index (χ4n) is 0.983. The Hall–Kier alpha value is -0.515. The van der Waals surface area contributed by atoms with Gasteiger partial charge in [0.2, 0.25) is 0 Å². The molecule has 0 radical (unpaired) electrons. The standard InChI is InChI=1S/C8H10BFO2S/c1-2-13-8-4-6(9(11)12)3-7(10)5-8/h3-5,11-12H,2H2,1H3. The maximum Gasteiger partial charge on any atom is 0.488 e. The largest absolute Gasteiger partial charge is 0.488 e. The minimum atomic E-state index is -1.60. The van der Waals surface area contributed by atoms with Crippen LogP contribution in [0.2, 0.25) is 0 Å². The van der Waals surface area contributed by atoms with Gasteiger partial charge in [0.1, 0.15) is 5.82 Å². The smallest absolute Gasteiger partial charge is 0.423 e. The highest BCUT2D eigenvalue weighted by atomic mass is 32.2. The number of rotatable bonds is 3. The molecule has 0 saturated heterocycles. The molecule has 70 valence electrons. The van der Waals surface area contributed by atoms with E-state index in [4.69, 9.17) is 10.0 Å².